The van der Waals surface area contributed by atoms with Crippen LogP contribution in [0.3, 0.4) is 0 Å². The van der Waals surface area contributed by atoms with E-state index in [4.69, 9.17) is 23.2 Å². The fraction of sp³-hybridized carbons (Fsp3) is 0.267. The van der Waals surface area contributed by atoms with E-state index in [1.54, 1.807) is 30.5 Å². The van der Waals surface area contributed by atoms with Crippen molar-refractivity contribution in [1.82, 2.24) is 9.97 Å². The highest BCUT2D eigenvalue weighted by Crippen LogP contribution is 2.30. The Labute approximate surface area is 138 Å². The van der Waals surface area contributed by atoms with Gasteiger partial charge in [0.1, 0.15) is 5.69 Å². The molecule has 1 N–H and O–H groups in total. The van der Waals surface area contributed by atoms with E-state index in [2.05, 4.69) is 20.2 Å². The normalized spacial score (nSPS) is 14.2. The SMILES string of the molecule is O=C(Nc1c(Cl)cccc1Cl)c1ccnc(N2CCCC2)n1. The van der Waals surface area contributed by atoms with Gasteiger partial charge in [-0.05, 0) is 31.0 Å². The third-order valence-electron chi connectivity index (χ3n) is 3.47. The Morgan fingerprint density at radius 3 is 2.50 bits per heavy atom. The van der Waals surface area contributed by atoms with E-state index in [1.807, 2.05) is 0 Å². The fourth-order valence-corrected chi connectivity index (χ4v) is 2.83. The Morgan fingerprint density at radius 2 is 1.82 bits per heavy atom. The molecule has 1 aliphatic heterocycles. The second-order valence-electron chi connectivity index (χ2n) is 4.99. The van der Waals surface area contributed by atoms with Crippen molar-refractivity contribution in [3.63, 3.8) is 0 Å². The van der Waals surface area contributed by atoms with Crippen molar-refractivity contribution in [2.24, 2.45) is 0 Å². The van der Waals surface area contributed by atoms with Crippen molar-refractivity contribution in [3.05, 3.63) is 46.2 Å². The van der Waals surface area contributed by atoms with Crippen LogP contribution in [0.2, 0.25) is 10.0 Å². The van der Waals surface area contributed by atoms with Gasteiger partial charge in [0.2, 0.25) is 5.95 Å². The molecular formula is C15H14Cl2N4O. The molecule has 0 bridgehead atoms. The lowest BCUT2D eigenvalue weighted by Gasteiger charge is -2.15. The predicted octanol–water partition coefficient (Wildman–Crippen LogP) is 3.64. The maximum absolute atomic E-state index is 12.3. The molecule has 1 aromatic heterocycles. The monoisotopic (exact) mass is 336 g/mol. The number of hydrogen-bond donors (Lipinski definition) is 1. The lowest BCUT2D eigenvalue weighted by Crippen LogP contribution is -2.22. The summed E-state index contributed by atoms with van der Waals surface area (Å²) in [6.45, 7) is 1.84. The number of aromatic nitrogens is 2. The number of carbonyl (C=O) groups is 1. The number of carbonyl (C=O) groups excluding carboxylic acids is 1. The van der Waals surface area contributed by atoms with E-state index in [0.29, 0.717) is 21.7 Å². The van der Waals surface area contributed by atoms with Crippen LogP contribution >= 0.6 is 23.2 Å². The molecule has 1 aromatic carbocycles. The molecule has 3 rings (SSSR count). The van der Waals surface area contributed by atoms with Crippen LogP contribution in [0.15, 0.2) is 30.5 Å². The summed E-state index contributed by atoms with van der Waals surface area (Å²) in [5.74, 6) is 0.216. The van der Waals surface area contributed by atoms with E-state index >= 15 is 0 Å². The van der Waals surface area contributed by atoms with Crippen LogP contribution in [-0.2, 0) is 0 Å². The van der Waals surface area contributed by atoms with Crippen LogP contribution in [0.4, 0.5) is 11.6 Å². The van der Waals surface area contributed by atoms with Crippen molar-refractivity contribution >= 4 is 40.7 Å². The highest BCUT2D eigenvalue weighted by molar-refractivity contribution is 6.39. The first-order valence-corrected chi connectivity index (χ1v) is 7.74. The summed E-state index contributed by atoms with van der Waals surface area (Å²) in [5.41, 5.74) is 0.671. The fourth-order valence-electron chi connectivity index (χ4n) is 2.34. The summed E-state index contributed by atoms with van der Waals surface area (Å²) in [4.78, 5) is 23.0. The summed E-state index contributed by atoms with van der Waals surface area (Å²) in [5, 5.41) is 3.47. The van der Waals surface area contributed by atoms with Crippen molar-refractivity contribution in [3.8, 4) is 0 Å². The van der Waals surface area contributed by atoms with Crippen molar-refractivity contribution in [2.45, 2.75) is 12.8 Å². The van der Waals surface area contributed by atoms with Crippen molar-refractivity contribution < 1.29 is 4.79 Å². The number of nitrogens with zero attached hydrogens (tertiary/aromatic N) is 3. The van der Waals surface area contributed by atoms with Gasteiger partial charge >= 0.3 is 0 Å². The quantitative estimate of drug-likeness (QED) is 0.929. The molecular weight excluding hydrogens is 323 g/mol. The van der Waals surface area contributed by atoms with Crippen LogP contribution in [0, 0.1) is 0 Å². The van der Waals surface area contributed by atoms with Crippen LogP contribution in [0.25, 0.3) is 0 Å². The van der Waals surface area contributed by atoms with Gasteiger partial charge in [-0.3, -0.25) is 4.79 Å². The average molecular weight is 337 g/mol. The molecule has 0 saturated carbocycles. The van der Waals surface area contributed by atoms with Crippen LogP contribution < -0.4 is 10.2 Å². The van der Waals surface area contributed by atoms with E-state index in [-0.39, 0.29) is 11.6 Å². The summed E-state index contributed by atoms with van der Waals surface area (Å²) in [6, 6.07) is 6.62. The van der Waals surface area contributed by atoms with Gasteiger partial charge in [0, 0.05) is 19.3 Å². The number of benzene rings is 1. The van der Waals surface area contributed by atoms with Gasteiger partial charge in [0.25, 0.3) is 5.91 Å². The molecule has 114 valence electrons. The molecule has 1 amide bonds. The Morgan fingerprint density at radius 1 is 1.14 bits per heavy atom. The zero-order chi connectivity index (χ0) is 15.5. The molecule has 5 nitrogen and oxygen atoms in total. The molecule has 0 unspecified atom stereocenters. The van der Waals surface area contributed by atoms with E-state index in [9.17, 15) is 4.79 Å². The van der Waals surface area contributed by atoms with Gasteiger partial charge in [-0.25, -0.2) is 9.97 Å². The maximum atomic E-state index is 12.3. The third kappa shape index (κ3) is 3.15. The van der Waals surface area contributed by atoms with E-state index in [0.717, 1.165) is 25.9 Å². The average Bonchev–Trinajstić information content (AvgIpc) is 3.05. The van der Waals surface area contributed by atoms with Gasteiger partial charge in [-0.2, -0.15) is 0 Å². The second kappa shape index (κ2) is 6.50. The van der Waals surface area contributed by atoms with Gasteiger partial charge in [-0.15, -0.1) is 0 Å². The zero-order valence-electron chi connectivity index (χ0n) is 11.7. The number of halogens is 2. The Balaban J connectivity index is 1.82. The minimum atomic E-state index is -0.363. The van der Waals surface area contributed by atoms with E-state index < -0.39 is 0 Å². The number of amides is 1. The first-order valence-electron chi connectivity index (χ1n) is 6.98. The molecule has 0 spiro atoms. The van der Waals surface area contributed by atoms with Gasteiger partial charge in [0.15, 0.2) is 0 Å². The Hall–Kier alpha value is -1.85. The zero-order valence-corrected chi connectivity index (χ0v) is 13.2. The highest BCUT2D eigenvalue weighted by atomic mass is 35.5. The summed E-state index contributed by atoms with van der Waals surface area (Å²) >= 11 is 12.1. The molecule has 2 aromatic rings. The number of nitrogens with one attached hydrogen (secondary N) is 1. The standard InChI is InChI=1S/C15H14Cl2N4O/c16-10-4-3-5-11(17)13(10)20-14(22)12-6-7-18-15(19-12)21-8-1-2-9-21/h3-7H,1-2,8-9H2,(H,20,22). The number of rotatable bonds is 3. The van der Waals surface area contributed by atoms with Gasteiger partial charge < -0.3 is 10.2 Å². The molecule has 7 heteroatoms. The van der Waals surface area contributed by atoms with Crippen LogP contribution in [-0.4, -0.2) is 29.0 Å². The topological polar surface area (TPSA) is 58.1 Å². The molecule has 1 saturated heterocycles. The minimum absolute atomic E-state index is 0.285. The molecule has 2 heterocycles. The number of hydrogen-bond acceptors (Lipinski definition) is 4. The Bertz CT molecular complexity index is 681. The number of para-hydroxylation sites is 1. The maximum Gasteiger partial charge on any atom is 0.274 e. The van der Waals surface area contributed by atoms with Crippen molar-refractivity contribution in [1.29, 1.82) is 0 Å². The lowest BCUT2D eigenvalue weighted by molar-refractivity contribution is 0.102. The summed E-state index contributed by atoms with van der Waals surface area (Å²) in [6.07, 6.45) is 3.83. The second-order valence-corrected chi connectivity index (χ2v) is 5.80. The van der Waals surface area contributed by atoms with Gasteiger partial charge in [-0.1, -0.05) is 29.3 Å². The summed E-state index contributed by atoms with van der Waals surface area (Å²) in [7, 11) is 0. The largest absolute Gasteiger partial charge is 0.341 e. The van der Waals surface area contributed by atoms with Crippen LogP contribution in [0.5, 0.6) is 0 Å². The van der Waals surface area contributed by atoms with E-state index in [1.165, 1.54) is 0 Å². The lowest BCUT2D eigenvalue weighted by atomic mass is 10.3. The first kappa shape index (κ1) is 15.1. The molecule has 1 aliphatic rings. The predicted molar refractivity (Wildman–Crippen MR) is 87.9 cm³/mol. The Kier molecular flexibility index (Phi) is 4.45. The number of anilines is 2. The first-order chi connectivity index (χ1) is 10.6. The van der Waals surface area contributed by atoms with Crippen LogP contribution in [0.1, 0.15) is 23.3 Å². The highest BCUT2D eigenvalue weighted by Gasteiger charge is 2.18. The summed E-state index contributed by atoms with van der Waals surface area (Å²) < 4.78 is 0. The molecule has 22 heavy (non-hydrogen) atoms. The van der Waals surface area contributed by atoms with Crippen molar-refractivity contribution in [2.75, 3.05) is 23.3 Å². The smallest absolute Gasteiger partial charge is 0.274 e. The molecule has 0 atom stereocenters. The minimum Gasteiger partial charge on any atom is -0.341 e. The third-order valence-corrected chi connectivity index (χ3v) is 4.10. The molecule has 0 aliphatic carbocycles. The molecule has 1 fully saturated rings. The molecule has 0 radical (unpaired) electrons. The van der Waals surface area contributed by atoms with Gasteiger partial charge in [0.05, 0.1) is 15.7 Å².